The third kappa shape index (κ3) is 20.0. The number of esters is 1. The number of aliphatic carboxylic acids is 1. The van der Waals surface area contributed by atoms with Crippen molar-refractivity contribution in [1.82, 2.24) is 10.2 Å². The lowest BCUT2D eigenvalue weighted by Crippen LogP contribution is -2.64. The van der Waals surface area contributed by atoms with Crippen LogP contribution in [0.25, 0.3) is 0 Å². The molecular weight excluding hydrogens is 941 g/mol. The van der Waals surface area contributed by atoms with E-state index < -0.39 is 153 Å². The van der Waals surface area contributed by atoms with Gasteiger partial charge in [0.1, 0.15) is 12.1 Å². The summed E-state index contributed by atoms with van der Waals surface area (Å²) in [4.78, 5) is 39.3. The summed E-state index contributed by atoms with van der Waals surface area (Å²) in [7, 11) is 0. The van der Waals surface area contributed by atoms with Crippen LogP contribution >= 0.6 is 0 Å². The molecular formula is C52H80N2O18. The zero-order valence-corrected chi connectivity index (χ0v) is 41.7. The highest BCUT2D eigenvalue weighted by Crippen LogP contribution is 2.36. The highest BCUT2D eigenvalue weighted by atomic mass is 16.7. The maximum Gasteiger partial charge on any atom is 0.326 e. The summed E-state index contributed by atoms with van der Waals surface area (Å²) in [6, 6.07) is -3.59. The number of allylic oxidation sites excluding steroid dienone is 12. The van der Waals surface area contributed by atoms with E-state index in [0.717, 1.165) is 4.90 Å². The molecule has 4 aliphatic heterocycles. The number of urea groups is 1. The first-order valence-electron chi connectivity index (χ1n) is 25.1. The van der Waals surface area contributed by atoms with Gasteiger partial charge in [0.05, 0.1) is 85.7 Å². The number of hydrogen-bond acceptors (Lipinski definition) is 17. The van der Waals surface area contributed by atoms with Crippen molar-refractivity contribution < 1.29 is 89.5 Å². The van der Waals surface area contributed by atoms with Crippen LogP contribution in [-0.2, 0) is 28.5 Å². The molecule has 3 fully saturated rings. The number of carbonyl (C=O) groups is 3. The lowest BCUT2D eigenvalue weighted by atomic mass is 9.87. The Morgan fingerprint density at radius 2 is 1.25 bits per heavy atom. The number of aliphatic hydroxyl groups excluding tert-OH is 9. The fourth-order valence-electron chi connectivity index (χ4n) is 9.21. The van der Waals surface area contributed by atoms with Crippen LogP contribution in [0.3, 0.4) is 0 Å². The number of hydrogen-bond donors (Lipinski definition) is 12. The summed E-state index contributed by atoms with van der Waals surface area (Å²) in [6.07, 6.45) is 6.93. The van der Waals surface area contributed by atoms with Crippen LogP contribution in [0, 0.1) is 11.8 Å². The topological polar surface area (TPSA) is 326 Å². The Morgan fingerprint density at radius 3 is 1.86 bits per heavy atom. The molecule has 0 aromatic carbocycles. The van der Waals surface area contributed by atoms with Gasteiger partial charge in [-0.15, -0.1) is 0 Å². The summed E-state index contributed by atoms with van der Waals surface area (Å²) in [5.74, 6) is -5.11. The van der Waals surface area contributed by atoms with Crippen LogP contribution in [0.4, 0.5) is 4.79 Å². The van der Waals surface area contributed by atoms with Crippen molar-refractivity contribution in [3.8, 4) is 0 Å². The molecule has 20 nitrogen and oxygen atoms in total. The van der Waals surface area contributed by atoms with E-state index in [1.807, 2.05) is 49.5 Å². The second-order valence-corrected chi connectivity index (χ2v) is 19.7. The fourth-order valence-corrected chi connectivity index (χ4v) is 9.21. The smallest absolute Gasteiger partial charge is 0.326 e. The first-order chi connectivity index (χ1) is 34.0. The third-order valence-corrected chi connectivity index (χ3v) is 13.6. The van der Waals surface area contributed by atoms with Gasteiger partial charge in [0.25, 0.3) is 0 Å². The van der Waals surface area contributed by atoms with Gasteiger partial charge in [-0.25, -0.2) is 9.59 Å². The van der Waals surface area contributed by atoms with Crippen molar-refractivity contribution in [2.24, 2.45) is 11.8 Å². The quantitative estimate of drug-likeness (QED) is 0.178. The molecule has 2 amide bonds. The Balaban J connectivity index is 1.60. The summed E-state index contributed by atoms with van der Waals surface area (Å²) < 4.78 is 24.0. The zero-order valence-electron chi connectivity index (χ0n) is 41.7. The Bertz CT molecular complexity index is 1910. The first kappa shape index (κ1) is 60.4. The number of cyclic esters (lactones) is 1. The van der Waals surface area contributed by atoms with Gasteiger partial charge in [-0.05, 0) is 39.5 Å². The molecule has 4 rings (SSSR count). The molecule has 406 valence electrons. The number of carboxylic acid groups (broad SMARTS) is 1. The predicted molar refractivity (Wildman–Crippen MR) is 262 cm³/mol. The molecule has 0 saturated carbocycles. The van der Waals surface area contributed by atoms with Gasteiger partial charge in [-0.3, -0.25) is 4.79 Å². The number of likely N-dealkylation sites (tertiary alicyclic amines) is 1. The van der Waals surface area contributed by atoms with E-state index >= 15 is 0 Å². The number of nitrogens with zero attached hydrogens (tertiary/aromatic N) is 1. The van der Waals surface area contributed by atoms with Crippen LogP contribution in [0.5, 0.6) is 0 Å². The van der Waals surface area contributed by atoms with Crippen LogP contribution in [0.1, 0.15) is 98.3 Å². The van der Waals surface area contributed by atoms with Crippen molar-refractivity contribution in [3.63, 3.8) is 0 Å². The molecule has 72 heavy (non-hydrogen) atoms. The summed E-state index contributed by atoms with van der Waals surface area (Å²) >= 11 is 0. The van der Waals surface area contributed by atoms with Crippen molar-refractivity contribution >= 4 is 18.0 Å². The van der Waals surface area contributed by atoms with Gasteiger partial charge >= 0.3 is 18.0 Å². The molecule has 0 spiro atoms. The van der Waals surface area contributed by atoms with Gasteiger partial charge in [0, 0.05) is 56.9 Å². The number of rotatable bonds is 4. The molecule has 19 atom stereocenters. The van der Waals surface area contributed by atoms with Crippen molar-refractivity contribution in [2.75, 3.05) is 6.54 Å². The molecule has 0 aliphatic carbocycles. The number of ether oxygens (including phenoxy) is 4. The Labute approximate surface area is 421 Å². The Hall–Kier alpha value is -4.13. The van der Waals surface area contributed by atoms with E-state index in [4.69, 9.17) is 18.9 Å². The first-order valence-corrected chi connectivity index (χ1v) is 25.1. The standard InChI is InChI=1S/C52H80N2O18/c1-31-17-15-13-11-9-7-5-6-8-10-12-14-16-18-39(71-47-22-21-41(59)34(4)70-47)27-45-48(53-51(67)54-30-38(58)24-40(54)50(65)66)44(62)29-52(68,72-45)28-37(57)25-43(61)42(60)20-19-35(55)23-36(56)26-46(63)69-33(3)32(2)49(31)64/h5-18,31-45,47-49,55-62,64,68H,19-30H2,1-4H3,(H,53,67)(H,65,66)/b6-5+,9-7+,10-8+,13-11+,14-12+,17-15+,18-16+/t31-,32-,33-,34+,35+,36+,37-,38-,39-,40-,41-,42+,43+,44-,45-,47-,48+,49+,52+/m0/s1. The van der Waals surface area contributed by atoms with Gasteiger partial charge in [-0.2, -0.15) is 0 Å². The number of carboxylic acids is 1. The molecule has 12 N–H and O–H groups in total. The number of carbonyl (C=O) groups excluding carboxylic acids is 2. The van der Waals surface area contributed by atoms with E-state index in [1.54, 1.807) is 63.3 Å². The van der Waals surface area contributed by atoms with Crippen molar-refractivity contribution in [1.29, 1.82) is 0 Å². The van der Waals surface area contributed by atoms with E-state index in [2.05, 4.69) is 5.32 Å². The molecule has 0 unspecified atom stereocenters. The summed E-state index contributed by atoms with van der Waals surface area (Å²) in [5.41, 5.74) is 0. The number of fused-ring (bicyclic) bond motifs is 2. The van der Waals surface area contributed by atoms with Gasteiger partial charge in [-0.1, -0.05) is 98.9 Å². The number of β-amino-alcohol motifs (C(OH)–C–C–N with tert-alkyl or cyclic N) is 1. The van der Waals surface area contributed by atoms with Crippen LogP contribution in [-0.4, -0.2) is 189 Å². The summed E-state index contributed by atoms with van der Waals surface area (Å²) in [6.45, 7) is 6.62. The third-order valence-electron chi connectivity index (χ3n) is 13.6. The Kier molecular flexibility index (Phi) is 24.9. The average Bonchev–Trinajstić information content (AvgIpc) is 3.71. The number of amides is 2. The van der Waals surface area contributed by atoms with Gasteiger partial charge in [0.2, 0.25) is 0 Å². The number of nitrogens with one attached hydrogen (secondary N) is 1. The largest absolute Gasteiger partial charge is 0.480 e. The minimum absolute atomic E-state index is 0.110. The maximum atomic E-state index is 13.7. The molecule has 0 aromatic rings. The zero-order chi connectivity index (χ0) is 53.1. The minimum atomic E-state index is -2.30. The monoisotopic (exact) mass is 1020 g/mol. The van der Waals surface area contributed by atoms with E-state index in [9.17, 15) is 70.6 Å². The van der Waals surface area contributed by atoms with Crippen LogP contribution in [0.2, 0.25) is 0 Å². The highest BCUT2D eigenvalue weighted by molar-refractivity contribution is 5.83. The molecule has 0 radical (unpaired) electrons. The normalized spacial score (nSPS) is 43.2. The number of aliphatic hydroxyl groups is 10. The minimum Gasteiger partial charge on any atom is -0.480 e. The molecule has 4 heterocycles. The lowest BCUT2D eigenvalue weighted by Gasteiger charge is -2.46. The van der Waals surface area contributed by atoms with Gasteiger partial charge in [0.15, 0.2) is 12.1 Å². The van der Waals surface area contributed by atoms with E-state index in [1.165, 1.54) is 0 Å². The molecule has 0 aromatic heterocycles. The highest BCUT2D eigenvalue weighted by Gasteiger charge is 2.49. The predicted octanol–water partition coefficient (Wildman–Crippen LogP) is 1.70. The van der Waals surface area contributed by atoms with Crippen LogP contribution < -0.4 is 5.32 Å². The molecule has 2 bridgehead atoms. The molecule has 4 aliphatic rings. The van der Waals surface area contributed by atoms with Crippen LogP contribution in [0.15, 0.2) is 85.1 Å². The lowest BCUT2D eigenvalue weighted by molar-refractivity contribution is -0.297. The fraction of sp³-hybridized carbons (Fsp3) is 0.673. The molecule has 3 saturated heterocycles. The SMILES string of the molecule is C[C@@H]1[C@H](O)[C@@H](C)/C=C/C=C/C=C/C=C/C=C/C=C/C=C/[C@H](O[C@H]2CC[C@H](O)[C@@H](C)O2)C[C@@H]2O[C@](O)(C[C@@H](O)C[C@@H](O)[C@H](O)CC[C@@H](O)C[C@@H](O)CC(=O)O[C@H]1C)C[C@H](O)[C@H]2NC(=O)N1C[C@@H](O)C[C@H]1C(=O)O. The average molecular weight is 1020 g/mol. The van der Waals surface area contributed by atoms with Crippen molar-refractivity contribution in [2.45, 2.75) is 202 Å². The van der Waals surface area contributed by atoms with E-state index in [-0.39, 0.29) is 44.6 Å². The van der Waals surface area contributed by atoms with Crippen molar-refractivity contribution in [3.05, 3.63) is 85.1 Å². The molecule has 20 heteroatoms. The van der Waals surface area contributed by atoms with Gasteiger partial charge < -0.3 is 85.3 Å². The van der Waals surface area contributed by atoms with E-state index in [0.29, 0.717) is 12.8 Å². The maximum absolute atomic E-state index is 13.7. The summed E-state index contributed by atoms with van der Waals surface area (Å²) in [5, 5.41) is 122. The second kappa shape index (κ2) is 29.7. The Morgan fingerprint density at radius 1 is 0.653 bits per heavy atom. The second-order valence-electron chi connectivity index (χ2n) is 19.7.